The SMILES string of the molecule is COc1ccc([C@H](C)NS(=O)(=O)Cc2ccccc2Cl)cc1OC. The molecule has 0 spiro atoms. The van der Waals surface area contributed by atoms with Gasteiger partial charge in [0.2, 0.25) is 10.0 Å². The summed E-state index contributed by atoms with van der Waals surface area (Å²) in [6, 6.07) is 11.8. The lowest BCUT2D eigenvalue weighted by atomic mass is 10.1. The third-order valence-electron chi connectivity index (χ3n) is 3.57. The maximum atomic E-state index is 12.4. The molecule has 0 aliphatic rings. The smallest absolute Gasteiger partial charge is 0.216 e. The molecule has 0 unspecified atom stereocenters. The summed E-state index contributed by atoms with van der Waals surface area (Å²) >= 11 is 6.03. The number of nitrogens with one attached hydrogen (secondary N) is 1. The van der Waals surface area contributed by atoms with Crippen molar-refractivity contribution in [3.63, 3.8) is 0 Å². The third kappa shape index (κ3) is 4.63. The van der Waals surface area contributed by atoms with Gasteiger partial charge in [-0.3, -0.25) is 0 Å². The Morgan fingerprint density at radius 2 is 1.75 bits per heavy atom. The molecule has 0 radical (unpaired) electrons. The maximum Gasteiger partial charge on any atom is 0.216 e. The molecule has 7 heteroatoms. The molecule has 24 heavy (non-hydrogen) atoms. The topological polar surface area (TPSA) is 64.6 Å². The molecular weight excluding hydrogens is 350 g/mol. The van der Waals surface area contributed by atoms with E-state index in [2.05, 4.69) is 4.72 Å². The molecule has 2 aromatic rings. The van der Waals surface area contributed by atoms with Gasteiger partial charge in [0.1, 0.15) is 0 Å². The number of ether oxygens (including phenoxy) is 2. The zero-order valence-corrected chi connectivity index (χ0v) is 15.3. The van der Waals surface area contributed by atoms with E-state index in [1.54, 1.807) is 56.5 Å². The van der Waals surface area contributed by atoms with E-state index >= 15 is 0 Å². The molecule has 0 saturated carbocycles. The highest BCUT2D eigenvalue weighted by Crippen LogP contribution is 2.30. The van der Waals surface area contributed by atoms with Crippen LogP contribution in [0.4, 0.5) is 0 Å². The monoisotopic (exact) mass is 369 g/mol. The Labute approximate surface area is 147 Å². The molecular formula is C17H20ClNO4S. The van der Waals surface area contributed by atoms with Crippen LogP contribution in [0.1, 0.15) is 24.1 Å². The van der Waals surface area contributed by atoms with E-state index in [-0.39, 0.29) is 5.75 Å². The molecule has 0 fully saturated rings. The van der Waals surface area contributed by atoms with Crippen molar-refractivity contribution in [2.75, 3.05) is 14.2 Å². The highest BCUT2D eigenvalue weighted by molar-refractivity contribution is 7.88. The molecule has 0 amide bonds. The van der Waals surface area contributed by atoms with Crippen LogP contribution in [0.3, 0.4) is 0 Å². The molecule has 1 N–H and O–H groups in total. The summed E-state index contributed by atoms with van der Waals surface area (Å²) in [4.78, 5) is 0. The Bertz CT molecular complexity index is 808. The van der Waals surface area contributed by atoms with Crippen molar-refractivity contribution in [3.05, 3.63) is 58.6 Å². The van der Waals surface area contributed by atoms with Crippen molar-refractivity contribution in [3.8, 4) is 11.5 Å². The van der Waals surface area contributed by atoms with Gasteiger partial charge in [-0.05, 0) is 36.2 Å². The van der Waals surface area contributed by atoms with Gasteiger partial charge in [-0.2, -0.15) is 0 Å². The first-order valence-corrected chi connectivity index (χ1v) is 9.34. The van der Waals surface area contributed by atoms with Crippen molar-refractivity contribution >= 4 is 21.6 Å². The van der Waals surface area contributed by atoms with Crippen LogP contribution >= 0.6 is 11.6 Å². The second kappa shape index (κ2) is 7.88. The lowest BCUT2D eigenvalue weighted by molar-refractivity contribution is 0.354. The number of halogens is 1. The minimum atomic E-state index is -3.55. The largest absolute Gasteiger partial charge is 0.493 e. The van der Waals surface area contributed by atoms with Crippen LogP contribution in [0, 0.1) is 0 Å². The van der Waals surface area contributed by atoms with Crippen molar-refractivity contribution in [2.45, 2.75) is 18.7 Å². The number of sulfonamides is 1. The van der Waals surface area contributed by atoms with E-state index in [9.17, 15) is 8.42 Å². The fraction of sp³-hybridized carbons (Fsp3) is 0.294. The van der Waals surface area contributed by atoms with Crippen molar-refractivity contribution < 1.29 is 17.9 Å². The van der Waals surface area contributed by atoms with E-state index in [1.165, 1.54) is 7.11 Å². The van der Waals surface area contributed by atoms with Gasteiger partial charge < -0.3 is 9.47 Å². The van der Waals surface area contributed by atoms with Crippen LogP contribution in [0.5, 0.6) is 11.5 Å². The Morgan fingerprint density at radius 3 is 2.38 bits per heavy atom. The van der Waals surface area contributed by atoms with Crippen LogP contribution in [0.2, 0.25) is 5.02 Å². The highest BCUT2D eigenvalue weighted by atomic mass is 35.5. The summed E-state index contributed by atoms with van der Waals surface area (Å²) in [5.74, 6) is 0.962. The Balaban J connectivity index is 2.16. The predicted octanol–water partition coefficient (Wildman–Crippen LogP) is 3.54. The fourth-order valence-corrected chi connectivity index (χ4v) is 4.02. The first kappa shape index (κ1) is 18.6. The molecule has 0 aromatic heterocycles. The van der Waals surface area contributed by atoms with Crippen LogP contribution < -0.4 is 14.2 Å². The molecule has 2 rings (SSSR count). The Morgan fingerprint density at radius 1 is 1.08 bits per heavy atom. The minimum absolute atomic E-state index is 0.176. The average Bonchev–Trinajstić information content (AvgIpc) is 2.55. The van der Waals surface area contributed by atoms with Crippen molar-refractivity contribution in [1.82, 2.24) is 4.72 Å². The van der Waals surface area contributed by atoms with E-state index in [4.69, 9.17) is 21.1 Å². The molecule has 130 valence electrons. The van der Waals surface area contributed by atoms with Gasteiger partial charge in [0, 0.05) is 11.1 Å². The lowest BCUT2D eigenvalue weighted by Crippen LogP contribution is -2.28. The van der Waals surface area contributed by atoms with Gasteiger partial charge in [-0.1, -0.05) is 35.9 Å². The first-order valence-electron chi connectivity index (χ1n) is 7.31. The van der Waals surface area contributed by atoms with Gasteiger partial charge >= 0.3 is 0 Å². The lowest BCUT2D eigenvalue weighted by Gasteiger charge is -2.17. The van der Waals surface area contributed by atoms with Crippen molar-refractivity contribution in [1.29, 1.82) is 0 Å². The molecule has 0 aliphatic carbocycles. The highest BCUT2D eigenvalue weighted by Gasteiger charge is 2.19. The van der Waals surface area contributed by atoms with Crippen molar-refractivity contribution in [2.24, 2.45) is 0 Å². The summed E-state index contributed by atoms with van der Waals surface area (Å²) in [7, 11) is -0.462. The third-order valence-corrected chi connectivity index (χ3v) is 5.34. The van der Waals surface area contributed by atoms with Gasteiger partial charge in [-0.25, -0.2) is 13.1 Å². The Kier molecular flexibility index (Phi) is 6.10. The van der Waals surface area contributed by atoms with Crippen LogP contribution in [-0.2, 0) is 15.8 Å². The molecule has 0 aliphatic heterocycles. The van der Waals surface area contributed by atoms with E-state index in [0.29, 0.717) is 22.1 Å². The van der Waals surface area contributed by atoms with Crippen LogP contribution in [0.25, 0.3) is 0 Å². The normalized spacial score (nSPS) is 12.7. The second-order valence-corrected chi connectivity index (χ2v) is 7.47. The number of methoxy groups -OCH3 is 2. The van der Waals surface area contributed by atoms with E-state index in [0.717, 1.165) is 5.56 Å². The van der Waals surface area contributed by atoms with Crippen LogP contribution in [0.15, 0.2) is 42.5 Å². The van der Waals surface area contributed by atoms with Gasteiger partial charge in [0.05, 0.1) is 20.0 Å². The van der Waals surface area contributed by atoms with Gasteiger partial charge in [0.25, 0.3) is 0 Å². The second-order valence-electron chi connectivity index (χ2n) is 5.30. The number of rotatable bonds is 7. The van der Waals surface area contributed by atoms with E-state index < -0.39 is 16.1 Å². The predicted molar refractivity (Wildman–Crippen MR) is 95.2 cm³/mol. The summed E-state index contributed by atoms with van der Waals surface area (Å²) in [6.07, 6.45) is 0. The number of hydrogen-bond donors (Lipinski definition) is 1. The molecule has 0 heterocycles. The van der Waals surface area contributed by atoms with Crippen LogP contribution in [-0.4, -0.2) is 22.6 Å². The molecule has 5 nitrogen and oxygen atoms in total. The zero-order valence-electron chi connectivity index (χ0n) is 13.7. The number of benzene rings is 2. The number of hydrogen-bond acceptors (Lipinski definition) is 4. The summed E-state index contributed by atoms with van der Waals surface area (Å²) in [5.41, 5.74) is 1.33. The first-order chi connectivity index (χ1) is 11.4. The summed E-state index contributed by atoms with van der Waals surface area (Å²) in [6.45, 7) is 1.77. The van der Waals surface area contributed by atoms with E-state index in [1.807, 2.05) is 0 Å². The maximum absolute atomic E-state index is 12.4. The molecule has 2 aromatic carbocycles. The molecule has 0 saturated heterocycles. The van der Waals surface area contributed by atoms with Gasteiger partial charge in [0.15, 0.2) is 11.5 Å². The minimum Gasteiger partial charge on any atom is -0.493 e. The summed E-state index contributed by atoms with van der Waals surface area (Å²) in [5, 5.41) is 0.432. The molecule has 0 bridgehead atoms. The Hall–Kier alpha value is -1.76. The summed E-state index contributed by atoms with van der Waals surface area (Å²) < 4.78 is 37.9. The molecule has 1 atom stereocenters. The van der Waals surface area contributed by atoms with Gasteiger partial charge in [-0.15, -0.1) is 0 Å². The average molecular weight is 370 g/mol. The fourth-order valence-electron chi connectivity index (χ4n) is 2.32. The quantitative estimate of drug-likeness (QED) is 0.810. The standard InChI is InChI=1S/C17H20ClNO4S/c1-12(13-8-9-16(22-2)17(10-13)23-3)19-24(20,21)11-14-6-4-5-7-15(14)18/h4-10,12,19H,11H2,1-3H3/t12-/m0/s1. The zero-order chi connectivity index (χ0) is 17.7.